The summed E-state index contributed by atoms with van der Waals surface area (Å²) in [5, 5.41) is 37.7. The highest BCUT2D eigenvalue weighted by atomic mass is 16.7. The highest BCUT2D eigenvalue weighted by Crippen LogP contribution is 2.48. The molecule has 312 valence electrons. The Kier molecular flexibility index (Phi) is 16.1. The van der Waals surface area contributed by atoms with Gasteiger partial charge in [-0.3, -0.25) is 9.59 Å². The molecule has 4 heterocycles. The van der Waals surface area contributed by atoms with Crippen molar-refractivity contribution in [2.24, 2.45) is 10.8 Å². The van der Waals surface area contributed by atoms with Crippen LogP contribution in [0.5, 0.6) is 0 Å². The number of unbranched alkanes of at least 4 members (excludes halogenated alkanes) is 2. The number of aliphatic hydroxyl groups is 3. The van der Waals surface area contributed by atoms with Gasteiger partial charge < -0.3 is 49.1 Å². The third-order valence-electron chi connectivity index (χ3n) is 11.3. The van der Waals surface area contributed by atoms with Crippen molar-refractivity contribution in [1.82, 2.24) is 5.32 Å². The highest BCUT2D eigenvalue weighted by molar-refractivity contribution is 5.83. The number of fused-ring (bicyclic) bond motifs is 6. The second-order valence-corrected chi connectivity index (χ2v) is 17.5. The molecule has 3 saturated heterocycles. The number of hydrogen-bond acceptors (Lipinski definition) is 13. The van der Waals surface area contributed by atoms with E-state index in [0.717, 1.165) is 31.4 Å². The second-order valence-electron chi connectivity index (χ2n) is 17.5. The van der Waals surface area contributed by atoms with Crippen molar-refractivity contribution in [1.29, 1.82) is 0 Å². The van der Waals surface area contributed by atoms with E-state index in [1.165, 1.54) is 20.1 Å². The number of esters is 3. The maximum absolute atomic E-state index is 13.4. The van der Waals surface area contributed by atoms with Crippen LogP contribution in [0.4, 0.5) is 0 Å². The van der Waals surface area contributed by atoms with Crippen LogP contribution >= 0.6 is 0 Å². The number of rotatable bonds is 9. The van der Waals surface area contributed by atoms with Crippen molar-refractivity contribution in [3.63, 3.8) is 0 Å². The van der Waals surface area contributed by atoms with E-state index in [0.29, 0.717) is 32.1 Å². The average Bonchev–Trinajstić information content (AvgIpc) is 3.07. The molecule has 4 aliphatic heterocycles. The lowest BCUT2D eigenvalue weighted by atomic mass is 9.73. The average molecular weight is 778 g/mol. The molecule has 0 amide bonds. The zero-order chi connectivity index (χ0) is 40.6. The number of hydrogen-bond donors (Lipinski definition) is 4. The van der Waals surface area contributed by atoms with E-state index in [-0.39, 0.29) is 67.5 Å². The Morgan fingerprint density at radius 1 is 1.00 bits per heavy atom. The number of cyclic esters (lactones) is 1. The Balaban J connectivity index is 1.75. The minimum atomic E-state index is -2.24. The van der Waals surface area contributed by atoms with E-state index in [2.05, 4.69) is 25.7 Å². The molecule has 0 radical (unpaired) electrons. The summed E-state index contributed by atoms with van der Waals surface area (Å²) < 4.78 is 36.4. The number of carbonyl (C=O) groups excluding carboxylic acids is 3. The van der Waals surface area contributed by atoms with Gasteiger partial charge in [0, 0.05) is 37.2 Å². The van der Waals surface area contributed by atoms with Gasteiger partial charge in [0.05, 0.1) is 56.3 Å². The molecule has 0 aromatic rings. The monoisotopic (exact) mass is 777 g/mol. The topological polar surface area (TPSA) is 179 Å². The van der Waals surface area contributed by atoms with Gasteiger partial charge in [-0.1, -0.05) is 58.4 Å². The fraction of sp³-hybridized carbons (Fsp3) is 0.786. The fourth-order valence-electron chi connectivity index (χ4n) is 8.41. The Labute approximate surface area is 327 Å². The maximum atomic E-state index is 13.4. The number of ether oxygens (including phenoxy) is 6. The summed E-state index contributed by atoms with van der Waals surface area (Å²) in [7, 11) is 3.09. The van der Waals surface area contributed by atoms with Gasteiger partial charge >= 0.3 is 17.9 Å². The molecule has 0 aliphatic carbocycles. The largest absolute Gasteiger partial charge is 0.466 e. The molecule has 0 spiro atoms. The van der Waals surface area contributed by atoms with Crippen LogP contribution < -0.4 is 5.32 Å². The smallest absolute Gasteiger partial charge is 0.330 e. The van der Waals surface area contributed by atoms with Gasteiger partial charge in [-0.15, -0.1) is 0 Å². The van der Waals surface area contributed by atoms with Crippen molar-refractivity contribution in [2.45, 2.75) is 179 Å². The molecule has 3 fully saturated rings. The van der Waals surface area contributed by atoms with Crippen molar-refractivity contribution in [2.75, 3.05) is 20.7 Å². The third kappa shape index (κ3) is 12.9. The third-order valence-corrected chi connectivity index (χ3v) is 11.3. The molecule has 10 atom stereocenters. The Hall–Kier alpha value is -2.65. The van der Waals surface area contributed by atoms with Gasteiger partial charge in [0.15, 0.2) is 6.10 Å². The summed E-state index contributed by atoms with van der Waals surface area (Å²) in [6.07, 6.45) is 3.84. The number of carbonyl (C=O) groups is 3. The highest BCUT2D eigenvalue weighted by Gasteiger charge is 2.58. The molecule has 13 nitrogen and oxygen atoms in total. The molecule has 0 saturated carbocycles. The Morgan fingerprint density at radius 3 is 2.38 bits per heavy atom. The first-order valence-electron chi connectivity index (χ1n) is 20.1. The molecule has 0 aromatic heterocycles. The summed E-state index contributed by atoms with van der Waals surface area (Å²) in [5.74, 6) is -4.23. The lowest BCUT2D eigenvalue weighted by Crippen LogP contribution is -2.62. The number of aliphatic hydroxyl groups excluding tert-OH is 2. The predicted octanol–water partition coefficient (Wildman–Crippen LogP) is 4.74. The van der Waals surface area contributed by atoms with Crippen molar-refractivity contribution in [3.05, 3.63) is 36.0 Å². The van der Waals surface area contributed by atoms with Gasteiger partial charge in [-0.25, -0.2) is 4.79 Å². The predicted molar refractivity (Wildman–Crippen MR) is 204 cm³/mol. The van der Waals surface area contributed by atoms with Crippen LogP contribution in [0.1, 0.15) is 118 Å². The van der Waals surface area contributed by atoms with Crippen molar-refractivity contribution >= 4 is 17.9 Å². The summed E-state index contributed by atoms with van der Waals surface area (Å²) in [4.78, 5) is 39.4. The van der Waals surface area contributed by atoms with E-state index in [9.17, 15) is 29.7 Å². The van der Waals surface area contributed by atoms with E-state index in [1.54, 1.807) is 13.8 Å². The summed E-state index contributed by atoms with van der Waals surface area (Å²) >= 11 is 0. The normalized spacial score (nSPS) is 36.2. The SMILES string of the molecule is C=C1C[C@@H]2C[C@@H]3CC(C)(C)C[C@H](/C=C/C(C)(C)[C@]4(O)O[C@@H](C/C(=C\C(=O)OC)[C@@H]4OC(=O)CCCCCNC)C[C@H]([C@@H](C)O)OC(=O)C[C@H](O)C[C@H](C1)O2)O3. The molecule has 4 rings (SSSR count). The van der Waals surface area contributed by atoms with E-state index in [1.807, 2.05) is 19.2 Å². The zero-order valence-electron chi connectivity index (χ0n) is 34.1. The minimum absolute atomic E-state index is 0.00755. The Morgan fingerprint density at radius 2 is 1.71 bits per heavy atom. The van der Waals surface area contributed by atoms with E-state index >= 15 is 0 Å². The van der Waals surface area contributed by atoms with Crippen LogP contribution in [0, 0.1) is 10.8 Å². The second kappa shape index (κ2) is 19.7. The molecular weight excluding hydrogens is 710 g/mol. The van der Waals surface area contributed by atoms with Crippen LogP contribution in [0.3, 0.4) is 0 Å². The van der Waals surface area contributed by atoms with Gasteiger partial charge in [0.2, 0.25) is 5.79 Å². The lowest BCUT2D eigenvalue weighted by molar-refractivity contribution is -0.327. The van der Waals surface area contributed by atoms with Crippen molar-refractivity contribution < 1.29 is 58.1 Å². The molecule has 4 aliphatic rings. The van der Waals surface area contributed by atoms with Gasteiger partial charge in [-0.2, -0.15) is 0 Å². The van der Waals surface area contributed by atoms with Gasteiger partial charge in [0.1, 0.15) is 6.10 Å². The van der Waals surface area contributed by atoms with Crippen LogP contribution in [0.25, 0.3) is 0 Å². The van der Waals surface area contributed by atoms with Crippen LogP contribution in [-0.2, 0) is 42.8 Å². The Bertz CT molecular complexity index is 1390. The van der Waals surface area contributed by atoms with Crippen LogP contribution in [0.2, 0.25) is 0 Å². The van der Waals surface area contributed by atoms with Crippen LogP contribution in [-0.4, -0.2) is 115 Å². The van der Waals surface area contributed by atoms with Gasteiger partial charge in [-0.05, 0) is 76.5 Å². The maximum Gasteiger partial charge on any atom is 0.330 e. The number of methoxy groups -OCH3 is 1. The first-order valence-corrected chi connectivity index (χ1v) is 20.1. The summed E-state index contributed by atoms with van der Waals surface area (Å²) in [5.41, 5.74) is -0.0719. The first-order chi connectivity index (χ1) is 25.8. The van der Waals surface area contributed by atoms with Crippen molar-refractivity contribution in [3.8, 4) is 0 Å². The molecular formula is C42H67NO12. The molecule has 55 heavy (non-hydrogen) atoms. The zero-order valence-corrected chi connectivity index (χ0v) is 34.1. The van der Waals surface area contributed by atoms with E-state index in [4.69, 9.17) is 28.4 Å². The standard InChI is InChI=1S/C42H67NO12/c1-26-16-31-20-29(45)21-38(48)53-35(27(2)44)23-33-18-28(19-37(47)50-8)39(54-36(46)12-10-9-11-15-43-7)42(49,55-33)41(5,6)14-13-30-24-40(3,4)25-34(51-30)22-32(17-26)52-31/h13-14,19,27,29-35,39,43-45,49H,1,9-12,15-18,20-25H2,2-8H3/b14-13+,28-19+/t27-,29-,30+,31+,32-,33+,34-,35-,39+,42-/m1/s1. The van der Waals surface area contributed by atoms with Gasteiger partial charge in [0.25, 0.3) is 0 Å². The lowest BCUT2D eigenvalue weighted by Gasteiger charge is -2.51. The molecule has 0 unspecified atom stereocenters. The minimum Gasteiger partial charge on any atom is -0.466 e. The van der Waals surface area contributed by atoms with E-state index < -0.39 is 59.6 Å². The molecule has 4 N–H and O–H groups in total. The quantitative estimate of drug-likeness (QED) is 0.0830. The number of nitrogens with one attached hydrogen (secondary N) is 1. The fourth-order valence-corrected chi connectivity index (χ4v) is 8.41. The van der Waals surface area contributed by atoms with Crippen LogP contribution in [0.15, 0.2) is 36.0 Å². The summed E-state index contributed by atoms with van der Waals surface area (Å²) in [6.45, 7) is 14.4. The molecule has 6 bridgehead atoms. The molecule has 0 aromatic carbocycles. The molecule has 13 heteroatoms. The summed E-state index contributed by atoms with van der Waals surface area (Å²) in [6, 6.07) is 0. The first kappa shape index (κ1) is 45.1.